The van der Waals surface area contributed by atoms with E-state index in [1.165, 1.54) is 19.3 Å². The first kappa shape index (κ1) is 39.7. The topological polar surface area (TPSA) is 143 Å². The number of aromatic nitrogens is 1. The van der Waals surface area contributed by atoms with Crippen molar-refractivity contribution in [1.29, 1.82) is 0 Å². The van der Waals surface area contributed by atoms with Gasteiger partial charge >= 0.3 is 0 Å². The van der Waals surface area contributed by atoms with Crippen LogP contribution in [0, 0.1) is 31.6 Å². The molecule has 2 bridgehead atoms. The fourth-order valence-electron chi connectivity index (χ4n) is 8.68. The molecule has 3 aliphatic rings. The summed E-state index contributed by atoms with van der Waals surface area (Å²) in [5, 5.41) is 7.11. The Bertz CT molecular complexity index is 1950. The number of aryl methyl sites for hydroxylation is 1. The van der Waals surface area contributed by atoms with E-state index >= 15 is 0 Å². The van der Waals surface area contributed by atoms with Crippen LogP contribution in [-0.4, -0.2) is 54.8 Å². The van der Waals surface area contributed by atoms with Crippen LogP contribution in [-0.2, 0) is 37.5 Å². The third-order valence-corrected chi connectivity index (χ3v) is 13.0. The fourth-order valence-corrected chi connectivity index (χ4v) is 9.96. The Morgan fingerprint density at radius 2 is 1.76 bits per heavy atom. The zero-order chi connectivity index (χ0) is 38.5. The van der Waals surface area contributed by atoms with E-state index in [4.69, 9.17) is 14.3 Å². The highest BCUT2D eigenvalue weighted by atomic mass is 32.2. The van der Waals surface area contributed by atoms with Crippen molar-refractivity contribution in [2.75, 3.05) is 17.9 Å². The normalized spacial score (nSPS) is 22.5. The molecule has 2 saturated carbocycles. The maximum Gasteiger partial charge on any atom is 0.263 e. The number of nitrogens with zero attached hydrogens (tertiary/aromatic N) is 3. The molecule has 1 aliphatic heterocycles. The van der Waals surface area contributed by atoms with Crippen molar-refractivity contribution < 1.29 is 27.3 Å². The Hall–Kier alpha value is -4.03. The maximum atomic E-state index is 14.5. The molecule has 1 aromatic heterocycles. The third-order valence-electron chi connectivity index (χ3n) is 11.6. The van der Waals surface area contributed by atoms with Crippen molar-refractivity contribution in [2.45, 2.75) is 129 Å². The minimum absolute atomic E-state index is 0.0169. The monoisotopic (exact) mass is 759 g/mol. The summed E-state index contributed by atoms with van der Waals surface area (Å²) >= 11 is 0. The number of nitrogens with one attached hydrogen (secondary N) is 2. The highest BCUT2D eigenvalue weighted by Crippen LogP contribution is 2.45. The Morgan fingerprint density at radius 1 is 1.00 bits per heavy atom. The molecule has 2 amide bonds. The Balaban J connectivity index is 1.24. The smallest absolute Gasteiger partial charge is 0.263 e. The van der Waals surface area contributed by atoms with Crippen LogP contribution >= 0.6 is 0 Å². The Kier molecular flexibility index (Phi) is 12.6. The van der Waals surface area contributed by atoms with Crippen LogP contribution in [0.2, 0.25) is 0 Å². The number of hydrogen-bond acceptors (Lipinski definition) is 8. The van der Waals surface area contributed by atoms with Crippen LogP contribution in [0.3, 0.4) is 0 Å². The molecule has 12 heteroatoms. The number of amides is 2. The van der Waals surface area contributed by atoms with E-state index in [-0.39, 0.29) is 35.1 Å². The molecule has 2 heterocycles. The van der Waals surface area contributed by atoms with Crippen molar-refractivity contribution in [1.82, 2.24) is 15.4 Å². The molecule has 2 N–H and O–H groups in total. The molecular weight excluding hydrogens is 703 g/mol. The van der Waals surface area contributed by atoms with Gasteiger partial charge in [0.25, 0.3) is 15.9 Å². The average molecular weight is 760 g/mol. The van der Waals surface area contributed by atoms with Gasteiger partial charge in [-0.15, -0.1) is 0 Å². The molecule has 2 aromatic carbocycles. The number of sulfonamides is 1. The van der Waals surface area contributed by atoms with Crippen molar-refractivity contribution in [3.8, 4) is 11.1 Å². The number of carbonyl (C=O) groups excluding carboxylic acids is 2. The lowest BCUT2D eigenvalue weighted by atomic mass is 9.80. The number of anilines is 1. The lowest BCUT2D eigenvalue weighted by molar-refractivity contribution is -0.132. The molecule has 4 atom stereocenters. The quantitative estimate of drug-likeness (QED) is 0.133. The molecule has 292 valence electrons. The van der Waals surface area contributed by atoms with Gasteiger partial charge < -0.3 is 14.6 Å². The summed E-state index contributed by atoms with van der Waals surface area (Å²) in [6, 6.07) is 12.7. The SMILES string of the molecule is CCCCC1=NC(CCC)(CCNC(=O)C2C[C@H]3CC[C@@H](C2)C3)C(=O)N1Cc1ccc(-c2ccccc2S(=O)(=O)Nc2noc(C)c2C)c(COCC)c1. The van der Waals surface area contributed by atoms with Crippen molar-refractivity contribution in [3.05, 3.63) is 64.9 Å². The van der Waals surface area contributed by atoms with Crippen LogP contribution in [0.15, 0.2) is 56.9 Å². The first-order chi connectivity index (χ1) is 26.0. The van der Waals surface area contributed by atoms with Gasteiger partial charge in [-0.2, -0.15) is 0 Å². The van der Waals surface area contributed by atoms with E-state index in [1.807, 2.05) is 36.1 Å². The number of aliphatic imine (C=N–C) groups is 1. The molecule has 0 radical (unpaired) electrons. The number of hydrogen-bond donors (Lipinski definition) is 2. The van der Waals surface area contributed by atoms with Crippen LogP contribution in [0.25, 0.3) is 11.1 Å². The second-order valence-corrected chi connectivity index (χ2v) is 17.2. The Labute approximate surface area is 320 Å². The highest BCUT2D eigenvalue weighted by Gasteiger charge is 2.47. The number of rotatable bonds is 18. The predicted molar refractivity (Wildman–Crippen MR) is 210 cm³/mol. The number of unbranched alkanes of at least 4 members (excludes halogenated alkanes) is 1. The van der Waals surface area contributed by atoms with Gasteiger partial charge in [0.05, 0.1) is 18.0 Å². The molecule has 0 spiro atoms. The molecule has 2 unspecified atom stereocenters. The van der Waals surface area contributed by atoms with Gasteiger partial charge in [0, 0.05) is 36.6 Å². The first-order valence-corrected chi connectivity index (χ1v) is 21.4. The van der Waals surface area contributed by atoms with E-state index < -0.39 is 15.6 Å². The van der Waals surface area contributed by atoms with E-state index in [1.54, 1.807) is 32.0 Å². The molecule has 2 aliphatic carbocycles. The standard InChI is InChI=1S/C42H57N5O6S/c1-6-9-14-38-44-42(19-7-2,20-21-43-40(48)33-23-30-15-16-31(22-30)24-33)41(49)47(38)26-32-17-18-35(34(25-32)27-52-8-3)36-12-10-11-13-37(36)54(50,51)46-39-28(4)29(5)53-45-39/h10-13,17-18,25,30-31,33H,6-9,14-16,19-24,26-27H2,1-5H3,(H,43,48)(H,45,46)/t30-,31+,33?,42?. The lowest BCUT2D eigenvalue weighted by Crippen LogP contribution is -2.45. The molecule has 2 fully saturated rings. The predicted octanol–water partition coefficient (Wildman–Crippen LogP) is 8.10. The van der Waals surface area contributed by atoms with Crippen LogP contribution in [0.4, 0.5) is 5.82 Å². The number of ether oxygens (including phenoxy) is 1. The summed E-state index contributed by atoms with van der Waals surface area (Å²) in [6.45, 7) is 11.1. The van der Waals surface area contributed by atoms with Gasteiger partial charge in [0.15, 0.2) is 5.82 Å². The number of fused-ring (bicyclic) bond motifs is 2. The summed E-state index contributed by atoms with van der Waals surface area (Å²) in [5.74, 6) is 3.05. The lowest BCUT2D eigenvalue weighted by Gasteiger charge is -2.29. The van der Waals surface area contributed by atoms with E-state index in [0.29, 0.717) is 67.7 Å². The van der Waals surface area contributed by atoms with Crippen molar-refractivity contribution in [3.63, 3.8) is 0 Å². The first-order valence-electron chi connectivity index (χ1n) is 19.9. The van der Waals surface area contributed by atoms with Crippen molar-refractivity contribution >= 4 is 33.5 Å². The average Bonchev–Trinajstić information content (AvgIpc) is 3.76. The van der Waals surface area contributed by atoms with E-state index in [0.717, 1.165) is 54.6 Å². The van der Waals surface area contributed by atoms with Gasteiger partial charge in [0.2, 0.25) is 5.91 Å². The summed E-state index contributed by atoms with van der Waals surface area (Å²) in [6.07, 6.45) is 10.2. The van der Waals surface area contributed by atoms with E-state index in [2.05, 4.69) is 29.0 Å². The van der Waals surface area contributed by atoms with Crippen molar-refractivity contribution in [2.24, 2.45) is 22.7 Å². The zero-order valence-electron chi connectivity index (χ0n) is 32.6. The van der Waals surface area contributed by atoms with Gasteiger partial charge in [-0.25, -0.2) is 8.42 Å². The third kappa shape index (κ3) is 8.59. The largest absolute Gasteiger partial charge is 0.377 e. The van der Waals surface area contributed by atoms with Crippen LogP contribution in [0.5, 0.6) is 0 Å². The molecule has 54 heavy (non-hydrogen) atoms. The van der Waals surface area contributed by atoms with Crippen LogP contribution in [0.1, 0.15) is 114 Å². The number of carbonyl (C=O) groups is 2. The number of amidine groups is 1. The minimum Gasteiger partial charge on any atom is -0.377 e. The van der Waals surface area contributed by atoms with Gasteiger partial charge in [-0.3, -0.25) is 24.2 Å². The van der Waals surface area contributed by atoms with Gasteiger partial charge in [0.1, 0.15) is 17.1 Å². The summed E-state index contributed by atoms with van der Waals surface area (Å²) in [7, 11) is -4.04. The molecule has 0 saturated heterocycles. The maximum absolute atomic E-state index is 14.5. The van der Waals surface area contributed by atoms with Crippen LogP contribution < -0.4 is 10.0 Å². The summed E-state index contributed by atoms with van der Waals surface area (Å²) < 4.78 is 41.2. The summed E-state index contributed by atoms with van der Waals surface area (Å²) in [5.41, 5.74) is 2.65. The second-order valence-electron chi connectivity index (χ2n) is 15.5. The van der Waals surface area contributed by atoms with Gasteiger partial charge in [-0.05, 0) is 93.9 Å². The van der Waals surface area contributed by atoms with Gasteiger partial charge in [-0.1, -0.05) is 81.1 Å². The van der Waals surface area contributed by atoms with E-state index in [9.17, 15) is 18.0 Å². The molecular formula is C42H57N5O6S. The molecule has 3 aromatic rings. The fraction of sp³-hybridized carbons (Fsp3) is 0.571. The second kappa shape index (κ2) is 17.2. The molecule has 11 nitrogen and oxygen atoms in total. The Morgan fingerprint density at radius 3 is 2.44 bits per heavy atom. The summed E-state index contributed by atoms with van der Waals surface area (Å²) in [4.78, 5) is 34.9. The highest BCUT2D eigenvalue weighted by molar-refractivity contribution is 7.92. The number of benzene rings is 2. The molecule has 6 rings (SSSR count). The minimum atomic E-state index is -4.04. The zero-order valence-corrected chi connectivity index (χ0v) is 33.4.